The topological polar surface area (TPSA) is 43.6 Å². The van der Waals surface area contributed by atoms with Crippen molar-refractivity contribution in [2.24, 2.45) is 7.05 Å². The van der Waals surface area contributed by atoms with Crippen LogP contribution in [0.25, 0.3) is 11.4 Å². The van der Waals surface area contributed by atoms with Crippen molar-refractivity contribution in [3.05, 3.63) is 29.3 Å². The van der Waals surface area contributed by atoms with Gasteiger partial charge >= 0.3 is 0 Å². The van der Waals surface area contributed by atoms with Crippen molar-refractivity contribution in [1.29, 1.82) is 0 Å². The number of nitrogens with zero attached hydrogens (tertiary/aromatic N) is 4. The lowest BCUT2D eigenvalue weighted by Crippen LogP contribution is -2.12. The van der Waals surface area contributed by atoms with Gasteiger partial charge in [0.05, 0.1) is 0 Å². The zero-order chi connectivity index (χ0) is 13.3. The summed E-state index contributed by atoms with van der Waals surface area (Å²) in [7, 11) is 1.87. The average Bonchev–Trinajstić information content (AvgIpc) is 2.73. The first-order valence-corrected chi connectivity index (χ1v) is 6.29. The van der Waals surface area contributed by atoms with Crippen LogP contribution in [-0.4, -0.2) is 20.2 Å². The second kappa shape index (κ2) is 4.52. The van der Waals surface area contributed by atoms with Gasteiger partial charge in [-0.25, -0.2) is 4.68 Å². The SMILES string of the molecule is CCc1cc(-c2nnnn2C)cc(C(C)(C)C)c1. The van der Waals surface area contributed by atoms with Gasteiger partial charge in [0.1, 0.15) is 0 Å². The van der Waals surface area contributed by atoms with Crippen LogP contribution in [0.5, 0.6) is 0 Å². The first-order chi connectivity index (χ1) is 8.41. The third kappa shape index (κ3) is 2.42. The van der Waals surface area contributed by atoms with Crippen LogP contribution in [0.4, 0.5) is 0 Å². The predicted molar refractivity (Wildman–Crippen MR) is 72.3 cm³/mol. The Morgan fingerprint density at radius 3 is 2.39 bits per heavy atom. The first-order valence-electron chi connectivity index (χ1n) is 6.29. The van der Waals surface area contributed by atoms with E-state index in [2.05, 4.69) is 61.4 Å². The zero-order valence-electron chi connectivity index (χ0n) is 11.7. The van der Waals surface area contributed by atoms with Crippen molar-refractivity contribution >= 4 is 0 Å². The average molecular weight is 244 g/mol. The molecule has 0 fully saturated rings. The second-order valence-electron chi connectivity index (χ2n) is 5.65. The molecule has 18 heavy (non-hydrogen) atoms. The maximum absolute atomic E-state index is 4.09. The number of benzene rings is 1. The Kier molecular flexibility index (Phi) is 3.20. The quantitative estimate of drug-likeness (QED) is 0.816. The summed E-state index contributed by atoms with van der Waals surface area (Å²) in [5.74, 6) is 0.816. The van der Waals surface area contributed by atoms with E-state index in [0.29, 0.717) is 0 Å². The van der Waals surface area contributed by atoms with Crippen LogP contribution in [0.15, 0.2) is 18.2 Å². The lowest BCUT2D eigenvalue weighted by molar-refractivity contribution is 0.589. The molecule has 1 aromatic carbocycles. The highest BCUT2D eigenvalue weighted by atomic mass is 15.5. The van der Waals surface area contributed by atoms with Crippen LogP contribution in [-0.2, 0) is 18.9 Å². The van der Waals surface area contributed by atoms with E-state index >= 15 is 0 Å². The van der Waals surface area contributed by atoms with Gasteiger partial charge in [0.15, 0.2) is 5.82 Å². The number of hydrogen-bond acceptors (Lipinski definition) is 3. The second-order valence-corrected chi connectivity index (χ2v) is 5.65. The smallest absolute Gasteiger partial charge is 0.181 e. The van der Waals surface area contributed by atoms with Gasteiger partial charge < -0.3 is 0 Å². The Hall–Kier alpha value is -1.71. The summed E-state index contributed by atoms with van der Waals surface area (Å²) in [4.78, 5) is 0. The van der Waals surface area contributed by atoms with Crippen LogP contribution in [0.3, 0.4) is 0 Å². The van der Waals surface area contributed by atoms with E-state index in [9.17, 15) is 0 Å². The van der Waals surface area contributed by atoms with Gasteiger partial charge in [-0.05, 0) is 45.5 Å². The van der Waals surface area contributed by atoms with Gasteiger partial charge in [-0.1, -0.05) is 33.8 Å². The molecule has 0 saturated carbocycles. The summed E-state index contributed by atoms with van der Waals surface area (Å²) in [6.45, 7) is 8.84. The van der Waals surface area contributed by atoms with Gasteiger partial charge in [-0.2, -0.15) is 0 Å². The minimum absolute atomic E-state index is 0.131. The molecule has 0 saturated heterocycles. The highest BCUT2D eigenvalue weighted by molar-refractivity contribution is 5.58. The number of rotatable bonds is 2. The molecule has 0 amide bonds. The van der Waals surface area contributed by atoms with Gasteiger partial charge in [-0.15, -0.1) is 5.10 Å². The van der Waals surface area contributed by atoms with Crippen LogP contribution < -0.4 is 0 Å². The van der Waals surface area contributed by atoms with Gasteiger partial charge in [0.25, 0.3) is 0 Å². The molecule has 0 radical (unpaired) electrons. The van der Waals surface area contributed by atoms with Crippen LogP contribution in [0, 0.1) is 0 Å². The van der Waals surface area contributed by atoms with Crippen molar-refractivity contribution < 1.29 is 0 Å². The van der Waals surface area contributed by atoms with Crippen molar-refractivity contribution in [3.63, 3.8) is 0 Å². The molecule has 0 N–H and O–H groups in total. The molecule has 2 aromatic rings. The number of hydrogen-bond donors (Lipinski definition) is 0. The summed E-state index contributed by atoms with van der Waals surface area (Å²) in [6.07, 6.45) is 1.02. The molecule has 0 atom stereocenters. The minimum Gasteiger partial charge on any atom is -0.229 e. The first kappa shape index (κ1) is 12.7. The molecule has 0 unspecified atom stereocenters. The van der Waals surface area contributed by atoms with Gasteiger partial charge in [-0.3, -0.25) is 0 Å². The van der Waals surface area contributed by atoms with E-state index in [4.69, 9.17) is 0 Å². The molecule has 0 spiro atoms. The minimum atomic E-state index is 0.131. The van der Waals surface area contributed by atoms with Crippen LogP contribution in [0.2, 0.25) is 0 Å². The predicted octanol–water partition coefficient (Wildman–Crippen LogP) is 2.74. The molecule has 4 heteroatoms. The maximum atomic E-state index is 4.09. The molecule has 0 aliphatic rings. The summed E-state index contributed by atoms with van der Waals surface area (Å²) in [5, 5.41) is 11.7. The highest BCUT2D eigenvalue weighted by Crippen LogP contribution is 2.28. The Labute approximate surface area is 108 Å². The highest BCUT2D eigenvalue weighted by Gasteiger charge is 2.17. The third-order valence-electron chi connectivity index (χ3n) is 3.15. The number of aryl methyl sites for hydroxylation is 2. The fraction of sp³-hybridized carbons (Fsp3) is 0.500. The Morgan fingerprint density at radius 1 is 1.17 bits per heavy atom. The van der Waals surface area contributed by atoms with Crippen molar-refractivity contribution in [3.8, 4) is 11.4 Å². The van der Waals surface area contributed by atoms with Gasteiger partial charge in [0.2, 0.25) is 0 Å². The zero-order valence-corrected chi connectivity index (χ0v) is 11.7. The summed E-state index contributed by atoms with van der Waals surface area (Å²) in [6, 6.07) is 6.62. The van der Waals surface area contributed by atoms with E-state index in [0.717, 1.165) is 17.8 Å². The van der Waals surface area contributed by atoms with E-state index in [1.165, 1.54) is 11.1 Å². The Morgan fingerprint density at radius 2 is 1.89 bits per heavy atom. The maximum Gasteiger partial charge on any atom is 0.181 e. The van der Waals surface area contributed by atoms with E-state index in [-0.39, 0.29) is 5.41 Å². The summed E-state index contributed by atoms with van der Waals surface area (Å²) in [5.41, 5.74) is 3.86. The fourth-order valence-corrected chi connectivity index (χ4v) is 1.93. The van der Waals surface area contributed by atoms with Crippen LogP contribution in [0.1, 0.15) is 38.8 Å². The van der Waals surface area contributed by atoms with Crippen molar-refractivity contribution in [2.75, 3.05) is 0 Å². The van der Waals surface area contributed by atoms with Crippen molar-refractivity contribution in [1.82, 2.24) is 20.2 Å². The molecule has 96 valence electrons. The molecule has 4 nitrogen and oxygen atoms in total. The lowest BCUT2D eigenvalue weighted by Gasteiger charge is -2.21. The Bertz CT molecular complexity index is 549. The van der Waals surface area contributed by atoms with Crippen molar-refractivity contribution in [2.45, 2.75) is 39.5 Å². The lowest BCUT2D eigenvalue weighted by atomic mass is 9.84. The van der Waals surface area contributed by atoms with E-state index in [1.807, 2.05) is 7.05 Å². The molecular formula is C14H20N4. The standard InChI is InChI=1S/C14H20N4/c1-6-10-7-11(13-15-16-17-18(13)5)9-12(8-10)14(2,3)4/h7-9H,6H2,1-5H3. The largest absolute Gasteiger partial charge is 0.229 e. The number of aromatic nitrogens is 4. The summed E-state index contributed by atoms with van der Waals surface area (Å²) < 4.78 is 1.71. The molecule has 0 bridgehead atoms. The van der Waals surface area contributed by atoms with E-state index in [1.54, 1.807) is 4.68 Å². The molecule has 1 heterocycles. The molecular weight excluding hydrogens is 224 g/mol. The molecule has 0 aliphatic heterocycles. The molecule has 1 aromatic heterocycles. The fourth-order valence-electron chi connectivity index (χ4n) is 1.93. The monoisotopic (exact) mass is 244 g/mol. The molecule has 2 rings (SSSR count). The number of tetrazole rings is 1. The Balaban J connectivity index is 2.58. The van der Waals surface area contributed by atoms with E-state index < -0.39 is 0 Å². The summed E-state index contributed by atoms with van der Waals surface area (Å²) >= 11 is 0. The third-order valence-corrected chi connectivity index (χ3v) is 3.15. The molecule has 0 aliphatic carbocycles. The van der Waals surface area contributed by atoms with Gasteiger partial charge in [0, 0.05) is 12.6 Å². The normalized spacial score (nSPS) is 11.8. The van der Waals surface area contributed by atoms with Crippen LogP contribution >= 0.6 is 0 Å².